The van der Waals surface area contributed by atoms with Crippen LogP contribution in [0.3, 0.4) is 0 Å². The molecule has 0 aliphatic carbocycles. The smallest absolute Gasteiger partial charge is 0.240 e. The molecular weight excluding hydrogens is 390 g/mol. The molecule has 1 aromatic carbocycles. The van der Waals surface area contributed by atoms with Gasteiger partial charge in [-0.25, -0.2) is 13.1 Å². The van der Waals surface area contributed by atoms with E-state index in [1.54, 1.807) is 16.7 Å². The third-order valence-electron chi connectivity index (χ3n) is 3.72. The molecule has 0 saturated carbocycles. The first-order valence-electron chi connectivity index (χ1n) is 8.42. The van der Waals surface area contributed by atoms with E-state index in [1.165, 1.54) is 19.2 Å². The van der Waals surface area contributed by atoms with Crippen LogP contribution in [-0.4, -0.2) is 49.3 Å². The number of carbonyl (C=O) groups excluding carboxylic acids is 1. The zero-order valence-corrected chi connectivity index (χ0v) is 16.8. The zero-order chi connectivity index (χ0) is 19.9. The maximum atomic E-state index is 12.2. The molecule has 0 radical (unpaired) electrons. The summed E-state index contributed by atoms with van der Waals surface area (Å²) < 4.78 is 33.9. The van der Waals surface area contributed by atoms with Gasteiger partial charge in [0.05, 0.1) is 12.0 Å². The molecule has 11 heteroatoms. The summed E-state index contributed by atoms with van der Waals surface area (Å²) in [5.41, 5.74) is 0. The van der Waals surface area contributed by atoms with E-state index in [1.807, 2.05) is 6.92 Å². The Kier molecular flexibility index (Phi) is 7.51. The van der Waals surface area contributed by atoms with Gasteiger partial charge in [0.25, 0.3) is 0 Å². The van der Waals surface area contributed by atoms with Crippen LogP contribution in [0.15, 0.2) is 29.2 Å². The monoisotopic (exact) mass is 413 g/mol. The molecule has 2 aromatic rings. The summed E-state index contributed by atoms with van der Waals surface area (Å²) in [5.74, 6) is 1.02. The number of H-pyrrole nitrogens is 1. The second kappa shape index (κ2) is 9.62. The number of rotatable bonds is 10. The summed E-state index contributed by atoms with van der Waals surface area (Å²) in [5, 5.41) is 9.44. The van der Waals surface area contributed by atoms with Gasteiger partial charge in [0.2, 0.25) is 15.9 Å². The minimum atomic E-state index is -3.65. The molecule has 0 fully saturated rings. The number of hydrogen-bond acceptors (Lipinski definition) is 6. The highest BCUT2D eigenvalue weighted by molar-refractivity contribution is 7.89. The number of hydrogen-bond donors (Lipinski definition) is 3. The summed E-state index contributed by atoms with van der Waals surface area (Å²) in [7, 11) is -2.14. The van der Waals surface area contributed by atoms with Crippen LogP contribution in [0.1, 0.15) is 19.2 Å². The largest absolute Gasteiger partial charge is 0.497 e. The number of carbonyl (C=O) groups is 1. The molecule has 27 heavy (non-hydrogen) atoms. The first kappa shape index (κ1) is 21.1. The first-order valence-corrected chi connectivity index (χ1v) is 10.3. The Morgan fingerprint density at radius 1 is 1.30 bits per heavy atom. The summed E-state index contributed by atoms with van der Waals surface area (Å²) >= 11 is 5.13. The second-order valence-electron chi connectivity index (χ2n) is 5.70. The summed E-state index contributed by atoms with van der Waals surface area (Å²) in [6, 6.07) is 6.04. The highest BCUT2D eigenvalue weighted by Gasteiger charge is 2.14. The van der Waals surface area contributed by atoms with Gasteiger partial charge in [0.1, 0.15) is 18.1 Å². The Bertz CT molecular complexity index is 919. The zero-order valence-electron chi connectivity index (χ0n) is 15.2. The molecule has 1 aromatic heterocycles. The topological polar surface area (TPSA) is 118 Å². The van der Waals surface area contributed by atoms with Crippen LogP contribution in [0.4, 0.5) is 0 Å². The van der Waals surface area contributed by atoms with Gasteiger partial charge in [0.15, 0.2) is 4.77 Å². The van der Waals surface area contributed by atoms with Gasteiger partial charge in [-0.15, -0.1) is 0 Å². The van der Waals surface area contributed by atoms with Gasteiger partial charge >= 0.3 is 0 Å². The van der Waals surface area contributed by atoms with Crippen molar-refractivity contribution in [1.29, 1.82) is 0 Å². The van der Waals surface area contributed by atoms with Gasteiger partial charge in [-0.2, -0.15) is 5.10 Å². The number of benzene rings is 1. The van der Waals surface area contributed by atoms with Crippen LogP contribution in [0.25, 0.3) is 0 Å². The van der Waals surface area contributed by atoms with Crippen LogP contribution in [-0.2, 0) is 27.8 Å². The number of aromatic amines is 1. The Morgan fingerprint density at radius 2 is 2.00 bits per heavy atom. The molecule has 148 valence electrons. The minimum Gasteiger partial charge on any atom is -0.497 e. The molecule has 0 unspecified atom stereocenters. The standard InChI is InChI=1S/C16H23N5O4S2/c1-3-4-14-19-20-16(26)21(14)11-15(22)17-9-10-18-27(23,24)13-7-5-12(25-2)6-8-13/h5-8,18H,3-4,9-11H2,1-2H3,(H,17,22)(H,20,26). The minimum absolute atomic E-state index is 0.0376. The maximum absolute atomic E-state index is 12.2. The lowest BCUT2D eigenvalue weighted by atomic mass is 10.3. The summed E-state index contributed by atoms with van der Waals surface area (Å²) in [6.45, 7) is 2.27. The van der Waals surface area contributed by atoms with Crippen LogP contribution in [0.5, 0.6) is 5.75 Å². The Labute approximate surface area is 163 Å². The molecule has 0 aliphatic heterocycles. The Balaban J connectivity index is 1.83. The van der Waals surface area contributed by atoms with E-state index in [9.17, 15) is 13.2 Å². The molecule has 1 heterocycles. The summed E-state index contributed by atoms with van der Waals surface area (Å²) in [6.07, 6.45) is 1.59. The van der Waals surface area contributed by atoms with Gasteiger partial charge in [0, 0.05) is 19.5 Å². The van der Waals surface area contributed by atoms with E-state index >= 15 is 0 Å². The number of amides is 1. The van der Waals surface area contributed by atoms with Crippen molar-refractivity contribution in [2.45, 2.75) is 31.2 Å². The van der Waals surface area contributed by atoms with Crippen molar-refractivity contribution in [2.75, 3.05) is 20.2 Å². The van der Waals surface area contributed by atoms with E-state index in [-0.39, 0.29) is 30.4 Å². The molecule has 0 atom stereocenters. The average Bonchev–Trinajstić information content (AvgIpc) is 2.99. The number of nitrogens with one attached hydrogen (secondary N) is 3. The predicted octanol–water partition coefficient (Wildman–Crippen LogP) is 0.996. The van der Waals surface area contributed by atoms with Crippen molar-refractivity contribution in [3.8, 4) is 5.75 Å². The van der Waals surface area contributed by atoms with Crippen molar-refractivity contribution in [3.05, 3.63) is 34.9 Å². The predicted molar refractivity (Wildman–Crippen MR) is 103 cm³/mol. The third kappa shape index (κ3) is 5.88. The fourth-order valence-electron chi connectivity index (χ4n) is 2.35. The number of aryl methyl sites for hydroxylation is 1. The van der Waals surface area contributed by atoms with Crippen molar-refractivity contribution in [3.63, 3.8) is 0 Å². The molecular formula is C16H23N5O4S2. The normalized spacial score (nSPS) is 11.3. The number of nitrogens with zero attached hydrogens (tertiary/aromatic N) is 2. The average molecular weight is 414 g/mol. The number of methoxy groups -OCH3 is 1. The van der Waals surface area contributed by atoms with Crippen LogP contribution < -0.4 is 14.8 Å². The fraction of sp³-hybridized carbons (Fsp3) is 0.438. The molecule has 0 bridgehead atoms. The maximum Gasteiger partial charge on any atom is 0.240 e. The molecule has 0 saturated heterocycles. The van der Waals surface area contributed by atoms with Crippen molar-refractivity contribution in [1.82, 2.24) is 24.8 Å². The lowest BCUT2D eigenvalue weighted by Gasteiger charge is -2.10. The number of ether oxygens (including phenoxy) is 1. The first-order chi connectivity index (χ1) is 12.9. The van der Waals surface area contributed by atoms with Crippen LogP contribution in [0.2, 0.25) is 0 Å². The molecule has 2 rings (SSSR count). The molecule has 0 spiro atoms. The van der Waals surface area contributed by atoms with Crippen LogP contribution >= 0.6 is 12.2 Å². The quantitative estimate of drug-likeness (QED) is 0.395. The Morgan fingerprint density at radius 3 is 2.63 bits per heavy atom. The van der Waals surface area contributed by atoms with E-state index in [0.717, 1.165) is 12.2 Å². The second-order valence-corrected chi connectivity index (χ2v) is 7.86. The SMILES string of the molecule is CCCc1n[nH]c(=S)n1CC(=O)NCCNS(=O)(=O)c1ccc(OC)cc1. The van der Waals surface area contributed by atoms with Gasteiger partial charge in [-0.1, -0.05) is 6.92 Å². The number of sulfonamides is 1. The van der Waals surface area contributed by atoms with Gasteiger partial charge in [-0.3, -0.25) is 14.5 Å². The molecule has 9 nitrogen and oxygen atoms in total. The number of aromatic nitrogens is 3. The lowest BCUT2D eigenvalue weighted by molar-refractivity contribution is -0.121. The molecule has 0 aliphatic rings. The van der Waals surface area contributed by atoms with E-state index < -0.39 is 10.0 Å². The molecule has 1 amide bonds. The fourth-order valence-corrected chi connectivity index (χ4v) is 3.60. The Hall–Kier alpha value is -2.24. The lowest BCUT2D eigenvalue weighted by Crippen LogP contribution is -2.36. The van der Waals surface area contributed by atoms with E-state index in [2.05, 4.69) is 20.2 Å². The van der Waals surface area contributed by atoms with E-state index in [4.69, 9.17) is 17.0 Å². The van der Waals surface area contributed by atoms with Crippen molar-refractivity contribution in [2.24, 2.45) is 0 Å². The van der Waals surface area contributed by atoms with Crippen molar-refractivity contribution < 1.29 is 17.9 Å². The summed E-state index contributed by atoms with van der Waals surface area (Å²) in [4.78, 5) is 12.2. The van der Waals surface area contributed by atoms with Crippen molar-refractivity contribution >= 4 is 28.1 Å². The third-order valence-corrected chi connectivity index (χ3v) is 5.51. The van der Waals surface area contributed by atoms with Gasteiger partial charge in [-0.05, 0) is 42.9 Å². The highest BCUT2D eigenvalue weighted by atomic mass is 32.2. The van der Waals surface area contributed by atoms with Crippen LogP contribution in [0, 0.1) is 4.77 Å². The van der Waals surface area contributed by atoms with Gasteiger partial charge < -0.3 is 10.1 Å². The van der Waals surface area contributed by atoms with E-state index in [0.29, 0.717) is 16.9 Å². The highest BCUT2D eigenvalue weighted by Crippen LogP contribution is 2.14. The molecule has 3 N–H and O–H groups in total.